The lowest BCUT2D eigenvalue weighted by molar-refractivity contribution is 0.0754. The molecular formula is C19H19N7O3. The highest BCUT2D eigenvalue weighted by Crippen LogP contribution is 2.17. The van der Waals surface area contributed by atoms with E-state index in [1.54, 1.807) is 47.4 Å². The van der Waals surface area contributed by atoms with Crippen molar-refractivity contribution in [2.75, 3.05) is 26.2 Å². The summed E-state index contributed by atoms with van der Waals surface area (Å²) in [7, 11) is 0. The Bertz CT molecular complexity index is 1080. The molecule has 0 radical (unpaired) electrons. The molecule has 0 aliphatic carbocycles. The molecule has 10 nitrogen and oxygen atoms in total. The first-order chi connectivity index (χ1) is 14.3. The van der Waals surface area contributed by atoms with Gasteiger partial charge in [0.05, 0.1) is 12.8 Å². The quantitative estimate of drug-likeness (QED) is 0.516. The van der Waals surface area contributed by atoms with Crippen molar-refractivity contribution in [3.63, 3.8) is 0 Å². The third-order valence-electron chi connectivity index (χ3n) is 4.90. The second-order valence-electron chi connectivity index (χ2n) is 6.86. The first-order valence-corrected chi connectivity index (χ1v) is 9.45. The van der Waals surface area contributed by atoms with Crippen molar-refractivity contribution in [2.24, 2.45) is 0 Å². The zero-order chi connectivity index (χ0) is 19.6. The molecule has 1 aliphatic rings. The molecule has 0 spiro atoms. The Morgan fingerprint density at radius 2 is 2.14 bits per heavy atom. The van der Waals surface area contributed by atoms with Crippen LogP contribution in [0.2, 0.25) is 0 Å². The lowest BCUT2D eigenvalue weighted by Crippen LogP contribution is -2.35. The summed E-state index contributed by atoms with van der Waals surface area (Å²) >= 11 is 0. The molecule has 0 bridgehead atoms. The SMILES string of the molecule is O=C(c1cc2ncccn2n1)N1CCCN(Cc2nc(-c3ccco3)no2)CC1. The molecule has 0 N–H and O–H groups in total. The normalized spacial score (nSPS) is 15.7. The summed E-state index contributed by atoms with van der Waals surface area (Å²) in [6.07, 6.45) is 5.90. The van der Waals surface area contributed by atoms with Crippen molar-refractivity contribution in [1.82, 2.24) is 34.5 Å². The summed E-state index contributed by atoms with van der Waals surface area (Å²) in [5.74, 6) is 1.48. The van der Waals surface area contributed by atoms with E-state index >= 15 is 0 Å². The molecular weight excluding hydrogens is 374 g/mol. The maximum atomic E-state index is 12.9. The minimum Gasteiger partial charge on any atom is -0.461 e. The molecule has 1 fully saturated rings. The summed E-state index contributed by atoms with van der Waals surface area (Å²) in [5, 5.41) is 8.30. The number of aromatic nitrogens is 5. The Morgan fingerprint density at radius 1 is 1.17 bits per heavy atom. The van der Waals surface area contributed by atoms with E-state index in [1.807, 2.05) is 4.90 Å². The monoisotopic (exact) mass is 393 g/mol. The highest BCUT2D eigenvalue weighted by molar-refractivity contribution is 5.93. The van der Waals surface area contributed by atoms with Gasteiger partial charge in [-0.1, -0.05) is 5.16 Å². The maximum Gasteiger partial charge on any atom is 0.274 e. The fraction of sp³-hybridized carbons (Fsp3) is 0.316. The summed E-state index contributed by atoms with van der Waals surface area (Å²) in [5.41, 5.74) is 1.08. The van der Waals surface area contributed by atoms with Gasteiger partial charge in [0.25, 0.3) is 5.91 Å². The van der Waals surface area contributed by atoms with Crippen LogP contribution in [0.1, 0.15) is 22.8 Å². The topological polar surface area (TPSA) is 106 Å². The summed E-state index contributed by atoms with van der Waals surface area (Å²) < 4.78 is 12.3. The molecule has 148 valence electrons. The average molecular weight is 393 g/mol. The molecule has 0 saturated carbocycles. The molecule has 5 rings (SSSR count). The van der Waals surface area contributed by atoms with Crippen molar-refractivity contribution >= 4 is 11.6 Å². The molecule has 29 heavy (non-hydrogen) atoms. The third kappa shape index (κ3) is 3.61. The van der Waals surface area contributed by atoms with Crippen molar-refractivity contribution in [1.29, 1.82) is 0 Å². The third-order valence-corrected chi connectivity index (χ3v) is 4.90. The van der Waals surface area contributed by atoms with Crippen LogP contribution in [-0.2, 0) is 6.54 Å². The van der Waals surface area contributed by atoms with E-state index in [0.29, 0.717) is 48.5 Å². The van der Waals surface area contributed by atoms with Gasteiger partial charge in [-0.05, 0) is 24.6 Å². The molecule has 1 amide bonds. The van der Waals surface area contributed by atoms with E-state index < -0.39 is 0 Å². The molecule has 4 aromatic heterocycles. The largest absolute Gasteiger partial charge is 0.461 e. The lowest BCUT2D eigenvalue weighted by atomic mass is 10.3. The molecule has 0 aromatic carbocycles. The summed E-state index contributed by atoms with van der Waals surface area (Å²) in [4.78, 5) is 25.5. The molecule has 4 aromatic rings. The number of furan rings is 1. The zero-order valence-electron chi connectivity index (χ0n) is 15.6. The van der Waals surface area contributed by atoms with Gasteiger partial charge in [-0.2, -0.15) is 10.1 Å². The number of carbonyl (C=O) groups is 1. The van der Waals surface area contributed by atoms with Gasteiger partial charge in [0.2, 0.25) is 11.7 Å². The highest BCUT2D eigenvalue weighted by Gasteiger charge is 2.23. The Balaban J connectivity index is 1.22. The maximum absolute atomic E-state index is 12.9. The number of hydrogen-bond donors (Lipinski definition) is 0. The number of nitrogens with zero attached hydrogens (tertiary/aromatic N) is 7. The van der Waals surface area contributed by atoms with Crippen molar-refractivity contribution in [2.45, 2.75) is 13.0 Å². The van der Waals surface area contributed by atoms with Gasteiger partial charge in [-0.15, -0.1) is 0 Å². The van der Waals surface area contributed by atoms with E-state index in [-0.39, 0.29) is 5.91 Å². The lowest BCUT2D eigenvalue weighted by Gasteiger charge is -2.20. The van der Waals surface area contributed by atoms with Crippen LogP contribution < -0.4 is 0 Å². The molecule has 5 heterocycles. The smallest absolute Gasteiger partial charge is 0.274 e. The van der Waals surface area contributed by atoms with Crippen LogP contribution in [0.15, 0.2) is 51.9 Å². The number of carbonyl (C=O) groups excluding carboxylic acids is 1. The predicted octanol–water partition coefficient (Wildman–Crippen LogP) is 1.72. The minimum absolute atomic E-state index is 0.0738. The van der Waals surface area contributed by atoms with Gasteiger partial charge >= 0.3 is 0 Å². The van der Waals surface area contributed by atoms with E-state index in [1.165, 1.54) is 0 Å². The Morgan fingerprint density at radius 3 is 3.00 bits per heavy atom. The van der Waals surface area contributed by atoms with Crippen molar-refractivity contribution in [3.8, 4) is 11.6 Å². The van der Waals surface area contributed by atoms with E-state index in [0.717, 1.165) is 19.5 Å². The number of hydrogen-bond acceptors (Lipinski definition) is 8. The first kappa shape index (κ1) is 17.6. The van der Waals surface area contributed by atoms with Gasteiger partial charge in [-0.25, -0.2) is 9.50 Å². The molecule has 0 unspecified atom stereocenters. The molecule has 1 aliphatic heterocycles. The minimum atomic E-state index is -0.0738. The van der Waals surface area contributed by atoms with Crippen LogP contribution in [0, 0.1) is 0 Å². The average Bonchev–Trinajstić information content (AvgIpc) is 3.46. The van der Waals surface area contributed by atoms with Crippen LogP contribution in [0.4, 0.5) is 0 Å². The Kier molecular flexibility index (Phi) is 4.53. The van der Waals surface area contributed by atoms with Crippen molar-refractivity contribution in [3.05, 3.63) is 54.5 Å². The van der Waals surface area contributed by atoms with Gasteiger partial charge < -0.3 is 13.8 Å². The number of rotatable bonds is 4. The van der Waals surface area contributed by atoms with Crippen molar-refractivity contribution < 1.29 is 13.7 Å². The van der Waals surface area contributed by atoms with Crippen LogP contribution in [0.3, 0.4) is 0 Å². The van der Waals surface area contributed by atoms with Gasteiger partial charge in [0.1, 0.15) is 0 Å². The highest BCUT2D eigenvalue weighted by atomic mass is 16.5. The van der Waals surface area contributed by atoms with Crippen LogP contribution in [0.5, 0.6) is 0 Å². The van der Waals surface area contributed by atoms with E-state index in [2.05, 4.69) is 25.1 Å². The molecule has 10 heteroatoms. The van der Waals surface area contributed by atoms with E-state index in [4.69, 9.17) is 8.94 Å². The molecule has 0 atom stereocenters. The van der Waals surface area contributed by atoms with E-state index in [9.17, 15) is 4.79 Å². The second-order valence-corrected chi connectivity index (χ2v) is 6.86. The summed E-state index contributed by atoms with van der Waals surface area (Å²) in [6.45, 7) is 3.39. The van der Waals surface area contributed by atoms with Gasteiger partial charge in [-0.3, -0.25) is 9.69 Å². The Labute approximate surface area is 165 Å². The second kappa shape index (κ2) is 7.47. The standard InChI is InChI=1S/C19H19N7O3/c27-19(14-12-16-20-5-2-8-26(16)22-14)25-7-3-6-24(9-10-25)13-17-21-18(23-29-17)15-4-1-11-28-15/h1-2,4-5,8,11-12H,3,6-7,9-10,13H2. The summed E-state index contributed by atoms with van der Waals surface area (Å²) in [6, 6.07) is 7.08. The number of fused-ring (bicyclic) bond motifs is 1. The molecule has 1 saturated heterocycles. The van der Waals surface area contributed by atoms with Gasteiger partial charge in [0.15, 0.2) is 17.1 Å². The van der Waals surface area contributed by atoms with Crippen LogP contribution in [0.25, 0.3) is 17.2 Å². The van der Waals surface area contributed by atoms with Gasteiger partial charge in [0, 0.05) is 44.6 Å². The fourth-order valence-electron chi connectivity index (χ4n) is 3.44. The fourth-order valence-corrected chi connectivity index (χ4v) is 3.44. The van der Waals surface area contributed by atoms with Crippen LogP contribution >= 0.6 is 0 Å². The zero-order valence-corrected chi connectivity index (χ0v) is 15.6. The number of amides is 1. The Hall–Kier alpha value is -3.53. The predicted molar refractivity (Wildman–Crippen MR) is 101 cm³/mol. The first-order valence-electron chi connectivity index (χ1n) is 9.45. The van der Waals surface area contributed by atoms with Crippen LogP contribution in [-0.4, -0.2) is 66.6 Å².